The number of carbonyl (C=O) groups is 1. The van der Waals surface area contributed by atoms with Crippen LogP contribution in [-0.4, -0.2) is 34.2 Å². The first-order chi connectivity index (χ1) is 14.2. The van der Waals surface area contributed by atoms with Gasteiger partial charge in [-0.25, -0.2) is 4.98 Å². The van der Waals surface area contributed by atoms with Crippen LogP contribution >= 0.6 is 0 Å². The van der Waals surface area contributed by atoms with Crippen LogP contribution in [0.25, 0.3) is 0 Å². The molecule has 1 aromatic heterocycles. The molecule has 0 radical (unpaired) electrons. The predicted octanol–water partition coefficient (Wildman–Crippen LogP) is 4.82. The number of aryl methyl sites for hydroxylation is 1. The number of rotatable bonds is 8. The van der Waals surface area contributed by atoms with Crippen LogP contribution in [0.5, 0.6) is 0 Å². The van der Waals surface area contributed by atoms with Crippen molar-refractivity contribution in [1.82, 2.24) is 4.98 Å². The van der Waals surface area contributed by atoms with Gasteiger partial charge < -0.3 is 9.74 Å². The Morgan fingerprint density at radius 2 is 1.74 bits per heavy atom. The SMILES string of the molecule is CC(=O)Nc1ccc(C(COS(=O)(=O)c2ccc(C)cc2)O[Si](C)(C)C(C)(C)C)cn1. The van der Waals surface area contributed by atoms with Crippen LogP contribution in [0.3, 0.4) is 0 Å². The number of aromatic nitrogens is 1. The number of benzene rings is 1. The topological polar surface area (TPSA) is 94.6 Å². The van der Waals surface area contributed by atoms with E-state index in [4.69, 9.17) is 8.61 Å². The lowest BCUT2D eigenvalue weighted by Gasteiger charge is -2.39. The number of nitrogens with one attached hydrogen (secondary N) is 1. The first kappa shape index (κ1) is 25.2. The molecule has 0 bridgehead atoms. The van der Waals surface area contributed by atoms with Crippen molar-refractivity contribution in [3.05, 3.63) is 53.7 Å². The maximum atomic E-state index is 12.7. The van der Waals surface area contributed by atoms with Crippen LogP contribution in [0, 0.1) is 6.92 Å². The number of hydrogen-bond acceptors (Lipinski definition) is 6. The molecule has 7 nitrogen and oxygen atoms in total. The first-order valence-electron chi connectivity index (χ1n) is 10.1. The lowest BCUT2D eigenvalue weighted by atomic mass is 10.2. The van der Waals surface area contributed by atoms with Crippen LogP contribution < -0.4 is 5.32 Å². The molecular formula is C22H32N2O5SSi. The van der Waals surface area contributed by atoms with Crippen LogP contribution in [0.4, 0.5) is 5.82 Å². The van der Waals surface area contributed by atoms with Gasteiger partial charge in [-0.3, -0.25) is 8.98 Å². The van der Waals surface area contributed by atoms with Crippen molar-refractivity contribution in [1.29, 1.82) is 0 Å². The Morgan fingerprint density at radius 3 is 2.23 bits per heavy atom. The van der Waals surface area contributed by atoms with Gasteiger partial charge >= 0.3 is 0 Å². The Kier molecular flexibility index (Phi) is 7.80. The summed E-state index contributed by atoms with van der Waals surface area (Å²) in [6.45, 7) is 13.6. The number of nitrogens with zero attached hydrogens (tertiary/aromatic N) is 1. The van der Waals surface area contributed by atoms with Gasteiger partial charge in [-0.1, -0.05) is 44.5 Å². The van der Waals surface area contributed by atoms with E-state index in [1.807, 2.05) is 6.92 Å². The minimum Gasteiger partial charge on any atom is -0.407 e. The van der Waals surface area contributed by atoms with Crippen LogP contribution in [0.2, 0.25) is 18.1 Å². The molecule has 0 aliphatic rings. The summed E-state index contributed by atoms with van der Waals surface area (Å²) < 4.78 is 37.3. The molecule has 2 rings (SSSR count). The van der Waals surface area contributed by atoms with E-state index in [0.29, 0.717) is 11.4 Å². The third-order valence-electron chi connectivity index (χ3n) is 5.39. The number of carbonyl (C=O) groups excluding carboxylic acids is 1. The molecule has 0 aliphatic heterocycles. The van der Waals surface area contributed by atoms with E-state index in [-0.39, 0.29) is 22.4 Å². The molecule has 170 valence electrons. The van der Waals surface area contributed by atoms with Gasteiger partial charge in [0.15, 0.2) is 8.32 Å². The summed E-state index contributed by atoms with van der Waals surface area (Å²) in [5, 5.41) is 2.54. The monoisotopic (exact) mass is 464 g/mol. The molecule has 0 saturated heterocycles. The number of hydrogen-bond donors (Lipinski definition) is 1. The van der Waals surface area contributed by atoms with Gasteiger partial charge in [0.2, 0.25) is 5.91 Å². The van der Waals surface area contributed by atoms with Gasteiger partial charge in [0.1, 0.15) is 5.82 Å². The summed E-state index contributed by atoms with van der Waals surface area (Å²) in [5.74, 6) is 0.192. The van der Waals surface area contributed by atoms with Crippen molar-refractivity contribution in [3.63, 3.8) is 0 Å². The highest BCUT2D eigenvalue weighted by Gasteiger charge is 2.40. The van der Waals surface area contributed by atoms with Gasteiger partial charge in [-0.15, -0.1) is 0 Å². The van der Waals surface area contributed by atoms with Crippen molar-refractivity contribution in [2.45, 2.75) is 63.8 Å². The summed E-state index contributed by atoms with van der Waals surface area (Å²) in [7, 11) is -6.18. The molecular weight excluding hydrogens is 432 g/mol. The standard InChI is InChI=1S/C22H32N2O5SSi/c1-16-8-11-19(12-9-16)30(26,27)28-15-20(29-31(6,7)22(3,4)5)18-10-13-21(23-14-18)24-17(2)25/h8-14,20H,15H2,1-7H3,(H,23,24,25). The summed E-state index contributed by atoms with van der Waals surface area (Å²) >= 11 is 0. The lowest BCUT2D eigenvalue weighted by molar-refractivity contribution is -0.114. The quantitative estimate of drug-likeness (QED) is 0.445. The number of pyridine rings is 1. The molecule has 1 N–H and O–H groups in total. The molecule has 0 saturated carbocycles. The van der Waals surface area contributed by atoms with Crippen LogP contribution in [-0.2, 0) is 23.5 Å². The largest absolute Gasteiger partial charge is 0.407 e. The maximum absolute atomic E-state index is 12.7. The molecule has 0 fully saturated rings. The summed E-state index contributed by atoms with van der Waals surface area (Å²) in [5.41, 5.74) is 1.64. The normalized spacial score (nSPS) is 13.6. The smallest absolute Gasteiger partial charge is 0.297 e. The second-order valence-corrected chi connectivity index (χ2v) is 15.4. The number of amides is 1. The van der Waals surface area contributed by atoms with Crippen molar-refractivity contribution in [3.8, 4) is 0 Å². The fourth-order valence-electron chi connectivity index (χ4n) is 2.51. The highest BCUT2D eigenvalue weighted by Crippen LogP contribution is 2.40. The molecule has 0 aliphatic carbocycles. The maximum Gasteiger partial charge on any atom is 0.297 e. The fraction of sp³-hybridized carbons (Fsp3) is 0.455. The molecule has 1 unspecified atom stereocenters. The second-order valence-electron chi connectivity index (χ2n) is 9.08. The van der Waals surface area contributed by atoms with Gasteiger partial charge in [0.05, 0.1) is 17.6 Å². The zero-order valence-corrected chi connectivity index (χ0v) is 21.0. The third kappa shape index (κ3) is 6.96. The Hall–Kier alpha value is -2.07. The fourth-order valence-corrected chi connectivity index (χ4v) is 4.68. The van der Waals surface area contributed by atoms with E-state index in [2.05, 4.69) is 44.2 Å². The van der Waals surface area contributed by atoms with Crippen molar-refractivity contribution in [2.75, 3.05) is 11.9 Å². The molecule has 1 amide bonds. The zero-order valence-electron chi connectivity index (χ0n) is 19.2. The summed E-state index contributed by atoms with van der Waals surface area (Å²) in [6.07, 6.45) is 0.949. The molecule has 1 atom stereocenters. The predicted molar refractivity (Wildman–Crippen MR) is 124 cm³/mol. The summed E-state index contributed by atoms with van der Waals surface area (Å²) in [6, 6.07) is 9.93. The van der Waals surface area contributed by atoms with Crippen LogP contribution in [0.15, 0.2) is 47.5 Å². The molecule has 2 aromatic rings. The van der Waals surface area contributed by atoms with E-state index < -0.39 is 24.5 Å². The molecule has 0 spiro atoms. The average Bonchev–Trinajstić information content (AvgIpc) is 2.65. The molecule has 1 heterocycles. The Morgan fingerprint density at radius 1 is 1.13 bits per heavy atom. The van der Waals surface area contributed by atoms with Crippen LogP contribution in [0.1, 0.15) is 44.9 Å². The van der Waals surface area contributed by atoms with E-state index in [0.717, 1.165) is 5.56 Å². The van der Waals surface area contributed by atoms with Crippen molar-refractivity contribution < 1.29 is 21.8 Å². The number of anilines is 1. The zero-order chi connectivity index (χ0) is 23.4. The van der Waals surface area contributed by atoms with E-state index in [1.165, 1.54) is 19.1 Å². The highest BCUT2D eigenvalue weighted by molar-refractivity contribution is 7.86. The van der Waals surface area contributed by atoms with Gasteiger partial charge in [0.25, 0.3) is 10.1 Å². The van der Waals surface area contributed by atoms with E-state index in [9.17, 15) is 13.2 Å². The molecule has 9 heteroatoms. The van der Waals surface area contributed by atoms with Crippen molar-refractivity contribution >= 4 is 30.2 Å². The minimum atomic E-state index is -3.94. The Balaban J connectivity index is 2.29. The second kappa shape index (κ2) is 9.60. The van der Waals surface area contributed by atoms with E-state index in [1.54, 1.807) is 30.5 Å². The van der Waals surface area contributed by atoms with E-state index >= 15 is 0 Å². The molecule has 31 heavy (non-hydrogen) atoms. The van der Waals surface area contributed by atoms with Gasteiger partial charge in [-0.05, 0) is 43.3 Å². The first-order valence-corrected chi connectivity index (χ1v) is 14.4. The Bertz CT molecular complexity index is 998. The third-order valence-corrected chi connectivity index (χ3v) is 11.2. The molecule has 1 aromatic carbocycles. The average molecular weight is 465 g/mol. The highest BCUT2D eigenvalue weighted by atomic mass is 32.2. The lowest BCUT2D eigenvalue weighted by Crippen LogP contribution is -2.42. The van der Waals surface area contributed by atoms with Gasteiger partial charge in [-0.2, -0.15) is 8.42 Å². The Labute approximate surface area is 186 Å². The van der Waals surface area contributed by atoms with Gasteiger partial charge in [0, 0.05) is 18.7 Å². The summed E-state index contributed by atoms with van der Waals surface area (Å²) in [4.78, 5) is 15.6. The minimum absolute atomic E-state index is 0.0787. The van der Waals surface area contributed by atoms with Crippen molar-refractivity contribution in [2.24, 2.45) is 0 Å².